The summed E-state index contributed by atoms with van der Waals surface area (Å²) < 4.78 is 5.43. The summed E-state index contributed by atoms with van der Waals surface area (Å²) in [6, 6.07) is 13.6. The van der Waals surface area contributed by atoms with Crippen LogP contribution >= 0.6 is 24.0 Å². The molecular formula is C20H16N2O5S2. The van der Waals surface area contributed by atoms with Crippen LogP contribution in [0.25, 0.3) is 6.08 Å². The predicted molar refractivity (Wildman–Crippen MR) is 113 cm³/mol. The predicted octanol–water partition coefficient (Wildman–Crippen LogP) is 3.00. The van der Waals surface area contributed by atoms with Gasteiger partial charge in [-0.1, -0.05) is 47.7 Å². The summed E-state index contributed by atoms with van der Waals surface area (Å²) in [5.74, 6) is -1.71. The van der Waals surface area contributed by atoms with Crippen LogP contribution in [0, 0.1) is 6.92 Å². The Kier molecular flexibility index (Phi) is 6.30. The minimum Gasteiger partial charge on any atom is -0.481 e. The zero-order chi connectivity index (χ0) is 21.0. The van der Waals surface area contributed by atoms with Crippen LogP contribution in [0.1, 0.15) is 21.5 Å². The number of carboxylic acids is 1. The molecule has 2 amide bonds. The summed E-state index contributed by atoms with van der Waals surface area (Å²) in [6.07, 6.45) is 1.55. The number of aryl methyl sites for hydroxylation is 1. The molecule has 1 fully saturated rings. The second-order valence-electron chi connectivity index (χ2n) is 6.04. The second kappa shape index (κ2) is 8.89. The van der Waals surface area contributed by atoms with Crippen molar-refractivity contribution in [3.63, 3.8) is 0 Å². The number of nitrogens with one attached hydrogen (secondary N) is 1. The van der Waals surface area contributed by atoms with Gasteiger partial charge in [-0.2, -0.15) is 5.01 Å². The van der Waals surface area contributed by atoms with Crippen molar-refractivity contribution in [3.8, 4) is 5.75 Å². The van der Waals surface area contributed by atoms with Crippen LogP contribution in [-0.4, -0.2) is 38.8 Å². The fourth-order valence-corrected chi connectivity index (χ4v) is 3.62. The van der Waals surface area contributed by atoms with Crippen molar-refractivity contribution in [2.75, 3.05) is 6.61 Å². The Balaban J connectivity index is 1.77. The van der Waals surface area contributed by atoms with Crippen molar-refractivity contribution in [1.82, 2.24) is 10.4 Å². The molecule has 2 aromatic carbocycles. The molecule has 1 aliphatic heterocycles. The molecular weight excluding hydrogens is 412 g/mol. The Hall–Kier alpha value is -3.17. The summed E-state index contributed by atoms with van der Waals surface area (Å²) >= 11 is 6.25. The first-order valence-corrected chi connectivity index (χ1v) is 9.67. The lowest BCUT2D eigenvalue weighted by atomic mass is 10.1. The Bertz CT molecular complexity index is 1020. The summed E-state index contributed by atoms with van der Waals surface area (Å²) in [7, 11) is 0. The number of hydrazine groups is 1. The van der Waals surface area contributed by atoms with E-state index in [1.54, 1.807) is 54.6 Å². The smallest absolute Gasteiger partial charge is 0.341 e. The normalized spacial score (nSPS) is 14.9. The van der Waals surface area contributed by atoms with E-state index in [2.05, 4.69) is 5.43 Å². The molecule has 1 aliphatic rings. The molecule has 29 heavy (non-hydrogen) atoms. The minimum atomic E-state index is -1.11. The topological polar surface area (TPSA) is 95.9 Å². The number of ether oxygens (including phenoxy) is 1. The third-order valence-corrected chi connectivity index (χ3v) is 5.18. The molecule has 148 valence electrons. The average molecular weight is 428 g/mol. The number of thioether (sulfide) groups is 1. The number of hydrogen-bond donors (Lipinski definition) is 2. The lowest BCUT2D eigenvalue weighted by Gasteiger charge is -2.15. The van der Waals surface area contributed by atoms with Gasteiger partial charge in [0.15, 0.2) is 10.9 Å². The van der Waals surface area contributed by atoms with Gasteiger partial charge in [0.2, 0.25) is 0 Å². The van der Waals surface area contributed by atoms with E-state index in [-0.39, 0.29) is 9.23 Å². The first kappa shape index (κ1) is 20.6. The lowest BCUT2D eigenvalue weighted by Crippen LogP contribution is -2.44. The highest BCUT2D eigenvalue weighted by atomic mass is 32.2. The Morgan fingerprint density at radius 2 is 1.90 bits per heavy atom. The maximum atomic E-state index is 12.7. The van der Waals surface area contributed by atoms with Crippen LogP contribution < -0.4 is 10.2 Å². The first-order chi connectivity index (χ1) is 13.8. The van der Waals surface area contributed by atoms with Crippen LogP contribution in [0.15, 0.2) is 53.4 Å². The second-order valence-corrected chi connectivity index (χ2v) is 7.72. The molecule has 0 atom stereocenters. The van der Waals surface area contributed by atoms with Crippen molar-refractivity contribution < 1.29 is 24.2 Å². The van der Waals surface area contributed by atoms with Crippen LogP contribution in [0.3, 0.4) is 0 Å². The van der Waals surface area contributed by atoms with Crippen molar-refractivity contribution in [1.29, 1.82) is 0 Å². The van der Waals surface area contributed by atoms with Gasteiger partial charge in [-0.05, 0) is 43.4 Å². The highest BCUT2D eigenvalue weighted by Gasteiger charge is 2.34. The van der Waals surface area contributed by atoms with Gasteiger partial charge in [-0.25, -0.2) is 4.79 Å². The number of amides is 2. The van der Waals surface area contributed by atoms with Gasteiger partial charge in [0, 0.05) is 11.1 Å². The number of hydrogen-bond acceptors (Lipinski definition) is 6. The zero-order valence-electron chi connectivity index (χ0n) is 15.2. The monoisotopic (exact) mass is 428 g/mol. The number of aliphatic carboxylic acids is 1. The van der Waals surface area contributed by atoms with E-state index in [1.165, 1.54) is 0 Å². The van der Waals surface area contributed by atoms with E-state index in [0.717, 1.165) is 22.3 Å². The molecule has 0 unspecified atom stereocenters. The summed E-state index contributed by atoms with van der Waals surface area (Å²) in [6.45, 7) is 1.41. The third-order valence-electron chi connectivity index (χ3n) is 3.88. The van der Waals surface area contributed by atoms with E-state index in [4.69, 9.17) is 22.1 Å². The molecule has 0 saturated carbocycles. The third kappa shape index (κ3) is 5.01. The van der Waals surface area contributed by atoms with Gasteiger partial charge >= 0.3 is 5.97 Å². The Morgan fingerprint density at radius 3 is 2.59 bits per heavy atom. The van der Waals surface area contributed by atoms with Gasteiger partial charge in [-0.3, -0.25) is 15.0 Å². The molecule has 0 aliphatic carbocycles. The van der Waals surface area contributed by atoms with Gasteiger partial charge in [-0.15, -0.1) is 0 Å². The van der Waals surface area contributed by atoms with Crippen molar-refractivity contribution in [2.24, 2.45) is 0 Å². The highest BCUT2D eigenvalue weighted by molar-refractivity contribution is 8.26. The molecule has 0 spiro atoms. The number of rotatable bonds is 6. The van der Waals surface area contributed by atoms with Gasteiger partial charge < -0.3 is 9.84 Å². The molecule has 2 N–H and O–H groups in total. The van der Waals surface area contributed by atoms with E-state index in [0.29, 0.717) is 16.9 Å². The molecule has 7 nitrogen and oxygen atoms in total. The maximum absolute atomic E-state index is 12.7. The number of carbonyl (C=O) groups excluding carboxylic acids is 2. The maximum Gasteiger partial charge on any atom is 0.341 e. The van der Waals surface area contributed by atoms with Crippen molar-refractivity contribution in [3.05, 3.63) is 70.1 Å². The molecule has 1 saturated heterocycles. The molecule has 9 heteroatoms. The van der Waals surface area contributed by atoms with Crippen molar-refractivity contribution in [2.45, 2.75) is 6.92 Å². The van der Waals surface area contributed by atoms with E-state index < -0.39 is 24.4 Å². The molecule has 2 aromatic rings. The first-order valence-electron chi connectivity index (χ1n) is 8.44. The molecule has 0 bridgehead atoms. The Morgan fingerprint density at radius 1 is 1.21 bits per heavy atom. The molecule has 3 rings (SSSR count). The molecule has 1 heterocycles. The largest absolute Gasteiger partial charge is 0.481 e. The van der Waals surface area contributed by atoms with Gasteiger partial charge in [0.25, 0.3) is 11.8 Å². The fourth-order valence-electron chi connectivity index (χ4n) is 2.45. The number of carbonyl (C=O) groups is 3. The van der Waals surface area contributed by atoms with Gasteiger partial charge in [0.05, 0.1) is 4.91 Å². The number of nitrogens with zero attached hydrogens (tertiary/aromatic N) is 1. The van der Waals surface area contributed by atoms with E-state index in [1.807, 2.05) is 6.92 Å². The average Bonchev–Trinajstić information content (AvgIpc) is 2.95. The molecule has 0 aromatic heterocycles. The Labute approximate surface area is 176 Å². The number of thiocarbonyl (C=S) groups is 1. The van der Waals surface area contributed by atoms with Crippen LogP contribution in [0.5, 0.6) is 5.75 Å². The van der Waals surface area contributed by atoms with Crippen LogP contribution in [0.4, 0.5) is 0 Å². The van der Waals surface area contributed by atoms with Crippen LogP contribution in [0.2, 0.25) is 0 Å². The number of benzene rings is 2. The quantitative estimate of drug-likeness (QED) is 0.539. The van der Waals surface area contributed by atoms with Crippen LogP contribution in [-0.2, 0) is 9.59 Å². The van der Waals surface area contributed by atoms with Gasteiger partial charge in [0.1, 0.15) is 5.75 Å². The SMILES string of the molecule is Cc1ccc(C(=O)NN2C(=O)/C(=C\c3ccccc3OCC(=O)O)SC2=S)cc1. The standard InChI is InChI=1S/C20H16N2O5S2/c1-12-6-8-13(9-7-12)18(25)21-22-19(26)16(29-20(22)28)10-14-4-2-3-5-15(14)27-11-17(23)24/h2-10H,11H2,1H3,(H,21,25)(H,23,24)/b16-10+. The number of para-hydroxylation sites is 1. The highest BCUT2D eigenvalue weighted by Crippen LogP contribution is 2.33. The van der Waals surface area contributed by atoms with Crippen molar-refractivity contribution >= 4 is 52.2 Å². The summed E-state index contributed by atoms with van der Waals surface area (Å²) in [5.41, 5.74) is 4.46. The summed E-state index contributed by atoms with van der Waals surface area (Å²) in [4.78, 5) is 36.1. The van der Waals surface area contributed by atoms with E-state index >= 15 is 0 Å². The fraction of sp³-hybridized carbons (Fsp3) is 0.100. The minimum absolute atomic E-state index is 0.186. The van der Waals surface area contributed by atoms with E-state index in [9.17, 15) is 14.4 Å². The lowest BCUT2D eigenvalue weighted by molar-refractivity contribution is -0.139. The zero-order valence-corrected chi connectivity index (χ0v) is 16.9. The number of carboxylic acid groups (broad SMARTS) is 1. The molecule has 0 radical (unpaired) electrons. The summed E-state index contributed by atoms with van der Waals surface area (Å²) in [5, 5.41) is 9.81.